The first-order chi connectivity index (χ1) is 6.81. The maximum atomic E-state index is 3.74. The first kappa shape index (κ1) is 13.7. The number of hydrogen-bond acceptors (Lipinski definition) is 0. The Bertz CT molecular complexity index is 115. The summed E-state index contributed by atoms with van der Waals surface area (Å²) in [4.78, 5) is 0. The molecule has 0 nitrogen and oxygen atoms in total. The van der Waals surface area contributed by atoms with Crippen molar-refractivity contribution in [3.8, 4) is 0 Å². The Morgan fingerprint density at radius 1 is 1.00 bits per heavy atom. The van der Waals surface area contributed by atoms with Crippen molar-refractivity contribution >= 4 is 0 Å². The third-order valence-electron chi connectivity index (χ3n) is 3.05. The van der Waals surface area contributed by atoms with Gasteiger partial charge in [-0.15, -0.1) is 6.58 Å². The van der Waals surface area contributed by atoms with Gasteiger partial charge in [0.2, 0.25) is 0 Å². The minimum atomic E-state index is 0.941. The van der Waals surface area contributed by atoms with Crippen molar-refractivity contribution in [2.45, 2.75) is 71.6 Å². The minimum Gasteiger partial charge on any atom is -0.103 e. The molecule has 0 aromatic rings. The fourth-order valence-electron chi connectivity index (χ4n) is 1.69. The number of rotatable bonds is 10. The van der Waals surface area contributed by atoms with Crippen LogP contribution in [0.5, 0.6) is 0 Å². The monoisotopic (exact) mass is 196 g/mol. The van der Waals surface area contributed by atoms with Crippen LogP contribution in [0.3, 0.4) is 0 Å². The lowest BCUT2D eigenvalue weighted by atomic mass is 10.00. The Kier molecular flexibility index (Phi) is 10.6. The fraction of sp³-hybridized carbons (Fsp3) is 0.857. The predicted octanol–water partition coefficient (Wildman–Crippen LogP) is 5.34. The predicted molar refractivity (Wildman–Crippen MR) is 66.6 cm³/mol. The van der Waals surface area contributed by atoms with Crippen molar-refractivity contribution in [2.75, 3.05) is 0 Å². The second kappa shape index (κ2) is 10.8. The molecule has 0 saturated heterocycles. The normalized spacial score (nSPS) is 12.7. The smallest absolute Gasteiger partial charge is 0.0353 e. The largest absolute Gasteiger partial charge is 0.103 e. The van der Waals surface area contributed by atoms with Crippen LogP contribution in [0.4, 0.5) is 0 Å². The van der Waals surface area contributed by atoms with Crippen molar-refractivity contribution in [3.63, 3.8) is 0 Å². The number of unbranched alkanes of at least 4 members (excludes halogenated alkanes) is 6. The average molecular weight is 196 g/mol. The Hall–Kier alpha value is -0.260. The molecule has 14 heavy (non-hydrogen) atoms. The van der Waals surface area contributed by atoms with Crippen molar-refractivity contribution in [2.24, 2.45) is 5.92 Å². The molecule has 0 aliphatic heterocycles. The van der Waals surface area contributed by atoms with Gasteiger partial charge in [-0.25, -0.2) is 0 Å². The molecule has 0 radical (unpaired) electrons. The van der Waals surface area contributed by atoms with E-state index in [1.54, 1.807) is 0 Å². The summed E-state index contributed by atoms with van der Waals surface area (Å²) in [6.45, 7) is 8.39. The standard InChI is InChI=1S/C14H28/c1-4-6-7-8-9-10-11-12-13-14(3)5-2/h4,14H,1,5-13H2,2-3H3. The maximum absolute atomic E-state index is 3.74. The second-order valence-corrected chi connectivity index (χ2v) is 4.50. The SMILES string of the molecule is C=CCCCCCCCCC(C)CC. The van der Waals surface area contributed by atoms with Gasteiger partial charge in [-0.3, -0.25) is 0 Å². The van der Waals surface area contributed by atoms with Crippen LogP contribution in [-0.4, -0.2) is 0 Å². The lowest BCUT2D eigenvalue weighted by molar-refractivity contribution is 0.471. The molecular weight excluding hydrogens is 168 g/mol. The summed E-state index contributed by atoms with van der Waals surface area (Å²) < 4.78 is 0. The van der Waals surface area contributed by atoms with Crippen molar-refractivity contribution in [3.05, 3.63) is 12.7 Å². The second-order valence-electron chi connectivity index (χ2n) is 4.50. The minimum absolute atomic E-state index is 0.941. The molecule has 0 heterocycles. The van der Waals surface area contributed by atoms with Gasteiger partial charge >= 0.3 is 0 Å². The molecule has 0 amide bonds. The molecule has 0 heteroatoms. The van der Waals surface area contributed by atoms with Crippen molar-refractivity contribution in [1.29, 1.82) is 0 Å². The van der Waals surface area contributed by atoms with Crippen LogP contribution in [0.1, 0.15) is 71.6 Å². The first-order valence-electron chi connectivity index (χ1n) is 6.42. The van der Waals surface area contributed by atoms with Crippen LogP contribution < -0.4 is 0 Å². The van der Waals surface area contributed by atoms with Gasteiger partial charge in [-0.1, -0.05) is 64.9 Å². The van der Waals surface area contributed by atoms with Gasteiger partial charge < -0.3 is 0 Å². The zero-order valence-corrected chi connectivity index (χ0v) is 10.2. The van der Waals surface area contributed by atoms with Crippen LogP contribution in [0.15, 0.2) is 12.7 Å². The molecule has 1 atom stereocenters. The van der Waals surface area contributed by atoms with Gasteiger partial charge in [0.15, 0.2) is 0 Å². The highest BCUT2D eigenvalue weighted by atomic mass is 14.0. The van der Waals surface area contributed by atoms with E-state index in [0.29, 0.717) is 0 Å². The molecule has 1 unspecified atom stereocenters. The van der Waals surface area contributed by atoms with Gasteiger partial charge in [0.05, 0.1) is 0 Å². The summed E-state index contributed by atoms with van der Waals surface area (Å²) in [5, 5.41) is 0. The van der Waals surface area contributed by atoms with Crippen LogP contribution in [-0.2, 0) is 0 Å². The summed E-state index contributed by atoms with van der Waals surface area (Å²) in [7, 11) is 0. The zero-order valence-electron chi connectivity index (χ0n) is 10.2. The third kappa shape index (κ3) is 9.83. The van der Waals surface area contributed by atoms with E-state index in [2.05, 4.69) is 20.4 Å². The topological polar surface area (TPSA) is 0 Å². The van der Waals surface area contributed by atoms with Crippen molar-refractivity contribution in [1.82, 2.24) is 0 Å². The Morgan fingerprint density at radius 2 is 1.57 bits per heavy atom. The van der Waals surface area contributed by atoms with Crippen LogP contribution in [0, 0.1) is 5.92 Å². The molecular formula is C14H28. The summed E-state index contributed by atoms with van der Waals surface area (Å²) >= 11 is 0. The Morgan fingerprint density at radius 3 is 2.14 bits per heavy atom. The van der Waals surface area contributed by atoms with Crippen molar-refractivity contribution < 1.29 is 0 Å². The van der Waals surface area contributed by atoms with E-state index in [-0.39, 0.29) is 0 Å². The molecule has 0 spiro atoms. The molecule has 0 aromatic carbocycles. The van der Waals surface area contributed by atoms with E-state index in [1.807, 2.05) is 6.08 Å². The lowest BCUT2D eigenvalue weighted by Gasteiger charge is -2.07. The number of allylic oxidation sites excluding steroid dienone is 1. The summed E-state index contributed by atoms with van der Waals surface area (Å²) in [6.07, 6.45) is 14.5. The van der Waals surface area contributed by atoms with E-state index in [0.717, 1.165) is 5.92 Å². The first-order valence-corrected chi connectivity index (χ1v) is 6.42. The molecule has 0 rings (SSSR count). The van der Waals surface area contributed by atoms with E-state index >= 15 is 0 Å². The van der Waals surface area contributed by atoms with Crippen LogP contribution in [0.25, 0.3) is 0 Å². The maximum Gasteiger partial charge on any atom is -0.0353 e. The van der Waals surface area contributed by atoms with E-state index in [9.17, 15) is 0 Å². The fourth-order valence-corrected chi connectivity index (χ4v) is 1.69. The Labute approximate surface area is 90.8 Å². The lowest BCUT2D eigenvalue weighted by Crippen LogP contribution is -1.91. The highest BCUT2D eigenvalue weighted by Crippen LogP contribution is 2.14. The van der Waals surface area contributed by atoms with Crippen LogP contribution >= 0.6 is 0 Å². The van der Waals surface area contributed by atoms with Gasteiger partial charge in [-0.2, -0.15) is 0 Å². The zero-order chi connectivity index (χ0) is 10.6. The summed E-state index contributed by atoms with van der Waals surface area (Å²) in [5.41, 5.74) is 0. The quantitative estimate of drug-likeness (QED) is 0.327. The van der Waals surface area contributed by atoms with E-state index in [1.165, 1.54) is 57.8 Å². The molecule has 0 N–H and O–H groups in total. The molecule has 0 aliphatic rings. The molecule has 84 valence electrons. The molecule has 0 bridgehead atoms. The molecule has 0 fully saturated rings. The van der Waals surface area contributed by atoms with E-state index < -0.39 is 0 Å². The number of hydrogen-bond donors (Lipinski definition) is 0. The van der Waals surface area contributed by atoms with E-state index in [4.69, 9.17) is 0 Å². The molecule has 0 saturated carbocycles. The van der Waals surface area contributed by atoms with Crippen LogP contribution in [0.2, 0.25) is 0 Å². The highest BCUT2D eigenvalue weighted by molar-refractivity contribution is 4.65. The van der Waals surface area contributed by atoms with Gasteiger partial charge in [0, 0.05) is 0 Å². The molecule has 0 aliphatic carbocycles. The average Bonchev–Trinajstić information content (AvgIpc) is 2.21. The van der Waals surface area contributed by atoms with Gasteiger partial charge in [0.25, 0.3) is 0 Å². The highest BCUT2D eigenvalue weighted by Gasteiger charge is 1.97. The molecule has 0 aromatic heterocycles. The Balaban J connectivity index is 2.95. The summed E-state index contributed by atoms with van der Waals surface area (Å²) in [6, 6.07) is 0. The third-order valence-corrected chi connectivity index (χ3v) is 3.05. The van der Waals surface area contributed by atoms with Gasteiger partial charge in [0.1, 0.15) is 0 Å². The van der Waals surface area contributed by atoms with Gasteiger partial charge in [-0.05, 0) is 18.8 Å². The summed E-state index contributed by atoms with van der Waals surface area (Å²) in [5.74, 6) is 0.941.